The molecule has 0 aliphatic rings. The van der Waals surface area contributed by atoms with Crippen LogP contribution in [0, 0.1) is 0 Å². The summed E-state index contributed by atoms with van der Waals surface area (Å²) in [4.78, 5) is 34.4. The summed E-state index contributed by atoms with van der Waals surface area (Å²) in [6.45, 7) is 4.34. The van der Waals surface area contributed by atoms with Crippen LogP contribution in [0.1, 0.15) is 25.1 Å². The topological polar surface area (TPSA) is 173 Å². The Labute approximate surface area is 156 Å². The van der Waals surface area contributed by atoms with E-state index in [0.29, 0.717) is 34.7 Å². The third-order valence-electron chi connectivity index (χ3n) is 3.29. The van der Waals surface area contributed by atoms with E-state index in [1.807, 2.05) is 13.8 Å². The number of nitrogen functional groups attached to an aromatic ring is 2. The number of nitrogens with two attached hydrogens (primary N) is 2. The molecule has 0 atom stereocenters. The predicted molar refractivity (Wildman–Crippen MR) is 105 cm³/mol. The van der Waals surface area contributed by atoms with Gasteiger partial charge in [-0.15, -0.1) is 0 Å². The van der Waals surface area contributed by atoms with Gasteiger partial charge in [0.15, 0.2) is 17.0 Å². The van der Waals surface area contributed by atoms with Gasteiger partial charge >= 0.3 is 7.60 Å². The number of benzene rings is 1. The van der Waals surface area contributed by atoms with Crippen molar-refractivity contribution in [2.24, 2.45) is 0 Å². The van der Waals surface area contributed by atoms with Crippen molar-refractivity contribution in [2.75, 3.05) is 16.8 Å². The molecule has 0 saturated heterocycles. The standard InChI is InChI=1S/C14H16N7O3P.C2H6/c15-12-11-13(21-14(16)20-12)18-6-10(19-11)5-17-9-3-1-2-8(4-9)7-25(22,23)24;1-2/h1-4,6,17H,5,7H2,(H2,22,23,24)(H4,15,16,18,20,21);1-2H3. The van der Waals surface area contributed by atoms with Crippen LogP contribution in [-0.2, 0) is 17.3 Å². The number of nitrogens with zero attached hydrogens (tertiary/aromatic N) is 4. The summed E-state index contributed by atoms with van der Waals surface area (Å²) in [6.07, 6.45) is 1.23. The van der Waals surface area contributed by atoms with Crippen LogP contribution in [0.3, 0.4) is 0 Å². The SMILES string of the molecule is CC.Nc1nc(N)c2nc(CNc3cccc(CP(=O)(O)O)c3)cnc2n1. The Morgan fingerprint density at radius 1 is 1.15 bits per heavy atom. The van der Waals surface area contributed by atoms with Gasteiger partial charge in [-0.2, -0.15) is 9.97 Å². The lowest BCUT2D eigenvalue weighted by Gasteiger charge is -2.09. The molecule has 0 saturated carbocycles. The molecule has 0 aliphatic heterocycles. The zero-order valence-electron chi connectivity index (χ0n) is 15.0. The average molecular weight is 391 g/mol. The Balaban J connectivity index is 0.00000126. The Morgan fingerprint density at radius 3 is 2.59 bits per heavy atom. The van der Waals surface area contributed by atoms with E-state index in [1.165, 1.54) is 0 Å². The highest BCUT2D eigenvalue weighted by atomic mass is 31.2. The summed E-state index contributed by atoms with van der Waals surface area (Å²) in [6, 6.07) is 6.83. The number of fused-ring (bicyclic) bond motifs is 1. The van der Waals surface area contributed by atoms with Crippen molar-refractivity contribution in [1.82, 2.24) is 19.9 Å². The second-order valence-corrected chi connectivity index (χ2v) is 7.02. The van der Waals surface area contributed by atoms with Gasteiger partial charge in [-0.05, 0) is 17.7 Å². The quantitative estimate of drug-likeness (QED) is 0.404. The van der Waals surface area contributed by atoms with Gasteiger partial charge in [0.2, 0.25) is 5.95 Å². The largest absolute Gasteiger partial charge is 0.382 e. The van der Waals surface area contributed by atoms with Crippen LogP contribution in [-0.4, -0.2) is 29.7 Å². The van der Waals surface area contributed by atoms with Gasteiger partial charge in [0.05, 0.1) is 24.6 Å². The molecule has 0 unspecified atom stereocenters. The molecule has 3 rings (SSSR count). The molecule has 144 valence electrons. The minimum atomic E-state index is -4.11. The van der Waals surface area contributed by atoms with Gasteiger partial charge in [-0.3, -0.25) is 4.57 Å². The van der Waals surface area contributed by atoms with E-state index in [9.17, 15) is 4.57 Å². The summed E-state index contributed by atoms with van der Waals surface area (Å²) >= 11 is 0. The maximum atomic E-state index is 11.1. The number of nitrogens with one attached hydrogen (secondary N) is 1. The van der Waals surface area contributed by atoms with E-state index in [0.717, 1.165) is 0 Å². The zero-order chi connectivity index (χ0) is 20.0. The molecule has 3 aromatic rings. The second kappa shape index (κ2) is 8.72. The molecule has 0 fully saturated rings. The Kier molecular flexibility index (Phi) is 6.62. The summed E-state index contributed by atoms with van der Waals surface area (Å²) in [5.74, 6) is 0.188. The molecular formula is C16H22N7O3P. The highest BCUT2D eigenvalue weighted by Crippen LogP contribution is 2.39. The van der Waals surface area contributed by atoms with Crippen molar-refractivity contribution in [3.8, 4) is 0 Å². The van der Waals surface area contributed by atoms with E-state index in [1.54, 1.807) is 30.5 Å². The molecule has 0 spiro atoms. The van der Waals surface area contributed by atoms with Crippen LogP contribution in [0.25, 0.3) is 11.2 Å². The molecule has 0 bridgehead atoms. The van der Waals surface area contributed by atoms with Gasteiger partial charge in [0.25, 0.3) is 0 Å². The summed E-state index contributed by atoms with van der Waals surface area (Å²) < 4.78 is 11.1. The van der Waals surface area contributed by atoms with Gasteiger partial charge in [-0.1, -0.05) is 26.0 Å². The summed E-state index contributed by atoms with van der Waals surface area (Å²) in [5, 5.41) is 3.12. The minimum absolute atomic E-state index is 0.0343. The minimum Gasteiger partial charge on any atom is -0.382 e. The summed E-state index contributed by atoms with van der Waals surface area (Å²) in [7, 11) is -4.11. The van der Waals surface area contributed by atoms with Crippen molar-refractivity contribution in [3.63, 3.8) is 0 Å². The highest BCUT2D eigenvalue weighted by Gasteiger charge is 2.14. The Hall–Kier alpha value is -2.81. The number of hydrogen-bond acceptors (Lipinski definition) is 8. The molecule has 2 heterocycles. The fraction of sp³-hybridized carbons (Fsp3) is 0.250. The van der Waals surface area contributed by atoms with E-state index >= 15 is 0 Å². The van der Waals surface area contributed by atoms with Crippen LogP contribution in [0.2, 0.25) is 0 Å². The molecule has 2 aromatic heterocycles. The lowest BCUT2D eigenvalue weighted by atomic mass is 10.2. The van der Waals surface area contributed by atoms with Gasteiger partial charge in [0, 0.05) is 5.69 Å². The molecule has 1 aromatic carbocycles. The zero-order valence-corrected chi connectivity index (χ0v) is 15.9. The third kappa shape index (κ3) is 5.85. The fourth-order valence-electron chi connectivity index (χ4n) is 2.28. The highest BCUT2D eigenvalue weighted by molar-refractivity contribution is 7.50. The molecule has 7 N–H and O–H groups in total. The van der Waals surface area contributed by atoms with Crippen LogP contribution in [0.5, 0.6) is 0 Å². The smallest absolute Gasteiger partial charge is 0.329 e. The molecular weight excluding hydrogens is 369 g/mol. The first-order chi connectivity index (χ1) is 12.8. The normalized spacial score (nSPS) is 11.0. The van der Waals surface area contributed by atoms with E-state index in [-0.39, 0.29) is 17.9 Å². The second-order valence-electron chi connectivity index (χ2n) is 5.38. The number of rotatable bonds is 5. The van der Waals surface area contributed by atoms with Gasteiger partial charge < -0.3 is 26.6 Å². The van der Waals surface area contributed by atoms with Crippen LogP contribution < -0.4 is 16.8 Å². The van der Waals surface area contributed by atoms with E-state index < -0.39 is 7.60 Å². The Bertz CT molecular complexity index is 977. The van der Waals surface area contributed by atoms with Crippen LogP contribution in [0.4, 0.5) is 17.5 Å². The van der Waals surface area contributed by atoms with Crippen LogP contribution in [0.15, 0.2) is 30.5 Å². The molecule has 0 amide bonds. The predicted octanol–water partition coefficient (Wildman–Crippen LogP) is 1.90. The maximum absolute atomic E-state index is 11.1. The fourth-order valence-corrected chi connectivity index (χ4v) is 2.95. The van der Waals surface area contributed by atoms with Crippen LogP contribution >= 0.6 is 7.60 Å². The third-order valence-corrected chi connectivity index (χ3v) is 4.07. The van der Waals surface area contributed by atoms with E-state index in [2.05, 4.69) is 25.3 Å². The van der Waals surface area contributed by atoms with Gasteiger partial charge in [0.1, 0.15) is 0 Å². The first kappa shape index (κ1) is 20.5. The molecule has 0 radical (unpaired) electrons. The lowest BCUT2D eigenvalue weighted by molar-refractivity contribution is 0.372. The van der Waals surface area contributed by atoms with Crippen molar-refractivity contribution in [1.29, 1.82) is 0 Å². The molecule has 11 heteroatoms. The molecule has 10 nitrogen and oxygen atoms in total. The number of anilines is 3. The Morgan fingerprint density at radius 2 is 1.89 bits per heavy atom. The van der Waals surface area contributed by atoms with E-state index in [4.69, 9.17) is 21.3 Å². The molecule has 27 heavy (non-hydrogen) atoms. The number of hydrogen-bond donors (Lipinski definition) is 5. The number of aromatic nitrogens is 4. The molecule has 0 aliphatic carbocycles. The first-order valence-electron chi connectivity index (χ1n) is 8.22. The maximum Gasteiger partial charge on any atom is 0.329 e. The van der Waals surface area contributed by atoms with Crippen molar-refractivity contribution >= 4 is 36.2 Å². The van der Waals surface area contributed by atoms with Gasteiger partial charge in [-0.25, -0.2) is 9.97 Å². The van der Waals surface area contributed by atoms with Crippen molar-refractivity contribution in [3.05, 3.63) is 41.7 Å². The lowest BCUT2D eigenvalue weighted by Crippen LogP contribution is -2.07. The van der Waals surface area contributed by atoms with Crippen molar-refractivity contribution in [2.45, 2.75) is 26.6 Å². The summed E-state index contributed by atoms with van der Waals surface area (Å²) in [5.41, 5.74) is 13.8. The van der Waals surface area contributed by atoms with Crippen molar-refractivity contribution < 1.29 is 14.4 Å². The first-order valence-corrected chi connectivity index (χ1v) is 10.0. The average Bonchev–Trinajstić information content (AvgIpc) is 2.61. The monoisotopic (exact) mass is 391 g/mol.